The first-order chi connectivity index (χ1) is 7.89. The van der Waals surface area contributed by atoms with Crippen LogP contribution in [0.4, 0.5) is 5.13 Å². The molecular formula is C9H11Br2N3OS2. The molecule has 1 atom stereocenters. The minimum absolute atomic E-state index is 0.0320. The first-order valence-electron chi connectivity index (χ1n) is 5.04. The van der Waals surface area contributed by atoms with Gasteiger partial charge in [0.25, 0.3) is 0 Å². The SMILES string of the molecule is CCSc1nnc(NC(=O)[C@]2(C)CC2(Br)Br)s1. The maximum Gasteiger partial charge on any atom is 0.234 e. The fraction of sp³-hybridized carbons (Fsp3) is 0.667. The summed E-state index contributed by atoms with van der Waals surface area (Å²) in [5, 5.41) is 11.3. The summed E-state index contributed by atoms with van der Waals surface area (Å²) in [7, 11) is 0. The van der Waals surface area contributed by atoms with Crippen molar-refractivity contribution in [3.05, 3.63) is 0 Å². The minimum Gasteiger partial charge on any atom is -0.300 e. The predicted molar refractivity (Wildman–Crippen MR) is 78.2 cm³/mol. The van der Waals surface area contributed by atoms with E-state index in [1.54, 1.807) is 11.8 Å². The zero-order valence-electron chi connectivity index (χ0n) is 9.29. The number of aromatic nitrogens is 2. The highest BCUT2D eigenvalue weighted by atomic mass is 79.9. The molecule has 1 aliphatic rings. The number of nitrogens with zero attached hydrogens (tertiary/aromatic N) is 2. The number of nitrogens with one attached hydrogen (secondary N) is 1. The van der Waals surface area contributed by atoms with Gasteiger partial charge in [-0.1, -0.05) is 61.9 Å². The maximum atomic E-state index is 12.0. The van der Waals surface area contributed by atoms with Crippen LogP contribution in [-0.2, 0) is 4.79 Å². The van der Waals surface area contributed by atoms with Crippen molar-refractivity contribution >= 4 is 66.0 Å². The van der Waals surface area contributed by atoms with Crippen LogP contribution in [0.25, 0.3) is 0 Å². The van der Waals surface area contributed by atoms with Gasteiger partial charge in [-0.25, -0.2) is 0 Å². The smallest absolute Gasteiger partial charge is 0.234 e. The molecule has 1 N–H and O–H groups in total. The summed E-state index contributed by atoms with van der Waals surface area (Å²) in [6.07, 6.45) is 0.765. The van der Waals surface area contributed by atoms with E-state index in [1.165, 1.54) is 11.3 Å². The van der Waals surface area contributed by atoms with Gasteiger partial charge in [-0.05, 0) is 19.1 Å². The Morgan fingerprint density at radius 2 is 2.24 bits per heavy atom. The van der Waals surface area contributed by atoms with Gasteiger partial charge in [0.1, 0.15) is 0 Å². The number of rotatable bonds is 4. The van der Waals surface area contributed by atoms with Crippen molar-refractivity contribution < 1.29 is 4.79 Å². The fourth-order valence-corrected chi connectivity index (χ4v) is 4.45. The molecule has 0 saturated heterocycles. The molecule has 0 radical (unpaired) electrons. The van der Waals surface area contributed by atoms with Crippen LogP contribution in [0, 0.1) is 5.41 Å². The second-order valence-electron chi connectivity index (χ2n) is 3.97. The summed E-state index contributed by atoms with van der Waals surface area (Å²) in [6.45, 7) is 3.97. The van der Waals surface area contributed by atoms with Crippen LogP contribution in [0.3, 0.4) is 0 Å². The highest BCUT2D eigenvalue weighted by Gasteiger charge is 2.66. The van der Waals surface area contributed by atoms with Crippen molar-refractivity contribution in [2.24, 2.45) is 5.41 Å². The van der Waals surface area contributed by atoms with E-state index in [9.17, 15) is 4.79 Å². The highest BCUT2D eigenvalue weighted by molar-refractivity contribution is 9.25. The minimum atomic E-state index is -0.420. The van der Waals surface area contributed by atoms with Crippen LogP contribution < -0.4 is 5.32 Å². The van der Waals surface area contributed by atoms with Gasteiger partial charge in [0.15, 0.2) is 4.34 Å². The van der Waals surface area contributed by atoms with Gasteiger partial charge in [0, 0.05) is 0 Å². The number of carbonyl (C=O) groups excluding carboxylic acids is 1. The molecule has 0 aliphatic heterocycles. The average molecular weight is 401 g/mol. The number of anilines is 1. The number of halogens is 2. The molecule has 1 aliphatic carbocycles. The summed E-state index contributed by atoms with van der Waals surface area (Å²) < 4.78 is 0.607. The molecule has 0 unspecified atom stereocenters. The Morgan fingerprint density at radius 1 is 1.59 bits per heavy atom. The van der Waals surface area contributed by atoms with Crippen LogP contribution in [-0.4, -0.2) is 25.1 Å². The first kappa shape index (κ1) is 13.8. The van der Waals surface area contributed by atoms with Gasteiger partial charge in [-0.2, -0.15) is 0 Å². The van der Waals surface area contributed by atoms with E-state index in [0.29, 0.717) is 5.13 Å². The van der Waals surface area contributed by atoms with Gasteiger partial charge in [-0.15, -0.1) is 10.2 Å². The Morgan fingerprint density at radius 3 is 2.76 bits per heavy atom. The number of carbonyl (C=O) groups is 1. The molecule has 4 nitrogen and oxygen atoms in total. The maximum absolute atomic E-state index is 12.0. The van der Waals surface area contributed by atoms with Crippen molar-refractivity contribution in [3.8, 4) is 0 Å². The second-order valence-corrected chi connectivity index (χ2v) is 10.2. The summed E-state index contributed by atoms with van der Waals surface area (Å²) in [4.78, 5) is 12.0. The van der Waals surface area contributed by atoms with Gasteiger partial charge in [0.05, 0.1) is 8.65 Å². The van der Waals surface area contributed by atoms with Gasteiger partial charge in [-0.3, -0.25) is 10.1 Å². The van der Waals surface area contributed by atoms with Gasteiger partial charge in [0.2, 0.25) is 11.0 Å². The normalized spacial score (nSPS) is 25.6. The van der Waals surface area contributed by atoms with Crippen molar-refractivity contribution in [2.45, 2.75) is 27.8 Å². The number of hydrogen-bond acceptors (Lipinski definition) is 5. The lowest BCUT2D eigenvalue weighted by Crippen LogP contribution is -2.25. The Bertz CT molecular complexity index is 451. The number of amides is 1. The summed E-state index contributed by atoms with van der Waals surface area (Å²) in [5.41, 5.74) is -0.420. The van der Waals surface area contributed by atoms with E-state index in [2.05, 4.69) is 54.3 Å². The molecule has 94 valence electrons. The molecule has 17 heavy (non-hydrogen) atoms. The van der Waals surface area contributed by atoms with E-state index in [-0.39, 0.29) is 9.14 Å². The number of alkyl halides is 2. The van der Waals surface area contributed by atoms with Crippen molar-refractivity contribution in [1.29, 1.82) is 0 Å². The molecule has 0 bridgehead atoms. The Balaban J connectivity index is 1.99. The molecular weight excluding hydrogens is 390 g/mol. The molecule has 1 amide bonds. The lowest BCUT2D eigenvalue weighted by atomic mass is 10.1. The molecule has 1 fully saturated rings. The molecule has 8 heteroatoms. The fourth-order valence-electron chi connectivity index (χ4n) is 1.32. The number of hydrogen-bond donors (Lipinski definition) is 1. The van der Waals surface area contributed by atoms with Crippen molar-refractivity contribution in [2.75, 3.05) is 11.1 Å². The summed E-state index contributed by atoms with van der Waals surface area (Å²) in [5.74, 6) is 0.919. The first-order valence-corrected chi connectivity index (χ1v) is 8.43. The van der Waals surface area contributed by atoms with Crippen LogP contribution in [0.5, 0.6) is 0 Å². The molecule has 0 aromatic carbocycles. The molecule has 2 rings (SSSR count). The standard InChI is InChI=1S/C9H11Br2N3OS2/c1-3-16-7-14-13-6(17-7)12-5(15)8(2)4-9(8,10)11/h3-4H2,1-2H3,(H,12,13,15)/t8-/m0/s1. The third-order valence-electron chi connectivity index (χ3n) is 2.65. The van der Waals surface area contributed by atoms with Gasteiger partial charge < -0.3 is 0 Å². The van der Waals surface area contributed by atoms with Crippen LogP contribution in [0.2, 0.25) is 0 Å². The van der Waals surface area contributed by atoms with Gasteiger partial charge >= 0.3 is 0 Å². The molecule has 0 spiro atoms. The van der Waals surface area contributed by atoms with Crippen molar-refractivity contribution in [3.63, 3.8) is 0 Å². The highest BCUT2D eigenvalue weighted by Crippen LogP contribution is 2.66. The Hall–Kier alpha value is 0.340. The molecule has 1 saturated carbocycles. The van der Waals surface area contributed by atoms with E-state index >= 15 is 0 Å². The monoisotopic (exact) mass is 399 g/mol. The zero-order valence-corrected chi connectivity index (χ0v) is 14.1. The molecule has 1 aromatic heterocycles. The topological polar surface area (TPSA) is 54.9 Å². The molecule has 1 aromatic rings. The second kappa shape index (κ2) is 4.79. The third-order valence-corrected chi connectivity index (χ3v) is 6.82. The Kier molecular flexibility index (Phi) is 3.88. The molecule has 1 heterocycles. The van der Waals surface area contributed by atoms with Crippen molar-refractivity contribution in [1.82, 2.24) is 10.2 Å². The van der Waals surface area contributed by atoms with E-state index < -0.39 is 5.41 Å². The number of thioether (sulfide) groups is 1. The van der Waals surface area contributed by atoms with E-state index in [1.807, 2.05) is 6.92 Å². The Labute approximate surface area is 125 Å². The van der Waals surface area contributed by atoms with Crippen LogP contribution in [0.1, 0.15) is 20.3 Å². The lowest BCUT2D eigenvalue weighted by molar-refractivity contribution is -0.120. The third kappa shape index (κ3) is 2.69. The lowest BCUT2D eigenvalue weighted by Gasteiger charge is -2.10. The summed E-state index contributed by atoms with van der Waals surface area (Å²) in [6, 6.07) is 0. The predicted octanol–water partition coefficient (Wildman–Crippen LogP) is 3.48. The average Bonchev–Trinajstić information content (AvgIpc) is 2.61. The van der Waals surface area contributed by atoms with E-state index in [0.717, 1.165) is 16.5 Å². The quantitative estimate of drug-likeness (QED) is 0.477. The summed E-state index contributed by atoms with van der Waals surface area (Å²) >= 11 is 9.97. The van der Waals surface area contributed by atoms with Crippen LogP contribution in [0.15, 0.2) is 4.34 Å². The largest absolute Gasteiger partial charge is 0.300 e. The van der Waals surface area contributed by atoms with Crippen LogP contribution >= 0.6 is 55.0 Å². The zero-order chi connectivity index (χ0) is 12.7. The van der Waals surface area contributed by atoms with E-state index in [4.69, 9.17) is 0 Å².